The Morgan fingerprint density at radius 3 is 2.60 bits per heavy atom. The van der Waals surface area contributed by atoms with E-state index >= 15 is 0 Å². The minimum Gasteiger partial charge on any atom is -0.486 e. The van der Waals surface area contributed by atoms with Gasteiger partial charge in [0.2, 0.25) is 0 Å². The minimum atomic E-state index is -0.409. The molecule has 3 rings (SSSR count). The van der Waals surface area contributed by atoms with Crippen molar-refractivity contribution in [3.8, 4) is 5.69 Å². The van der Waals surface area contributed by atoms with Crippen LogP contribution in [0.3, 0.4) is 0 Å². The monoisotopic (exact) mass is 338 g/mol. The second-order valence-electron chi connectivity index (χ2n) is 5.60. The van der Waals surface area contributed by atoms with Crippen LogP contribution in [-0.2, 0) is 9.47 Å². The van der Waals surface area contributed by atoms with Crippen molar-refractivity contribution < 1.29 is 14.3 Å². The number of hydrogen-bond donors (Lipinski definition) is 0. The van der Waals surface area contributed by atoms with Crippen LogP contribution in [0.5, 0.6) is 0 Å². The van der Waals surface area contributed by atoms with Gasteiger partial charge >= 0.3 is 5.97 Å². The second kappa shape index (κ2) is 6.72. The van der Waals surface area contributed by atoms with Gasteiger partial charge in [-0.2, -0.15) is 0 Å². The fourth-order valence-electron chi connectivity index (χ4n) is 2.63. The Balaban J connectivity index is 2.16. The highest BCUT2D eigenvalue weighted by Crippen LogP contribution is 2.29. The summed E-state index contributed by atoms with van der Waals surface area (Å²) in [5, 5.41) is 8.99. The van der Waals surface area contributed by atoms with Gasteiger partial charge in [-0.25, -0.2) is 9.79 Å². The quantitative estimate of drug-likeness (QED) is 0.415. The lowest BCUT2D eigenvalue weighted by molar-refractivity contribution is 0.0601. The Morgan fingerprint density at radius 1 is 1.12 bits per heavy atom. The van der Waals surface area contributed by atoms with E-state index in [4.69, 9.17) is 9.47 Å². The van der Waals surface area contributed by atoms with Gasteiger partial charge in [0.05, 0.1) is 25.5 Å². The van der Waals surface area contributed by atoms with Crippen molar-refractivity contribution >= 4 is 29.1 Å². The third-order valence-electron chi connectivity index (χ3n) is 3.73. The molecular weight excluding hydrogens is 320 g/mol. The first-order valence-corrected chi connectivity index (χ1v) is 7.66. The van der Waals surface area contributed by atoms with E-state index in [1.807, 2.05) is 26.0 Å². The zero-order chi connectivity index (χ0) is 18.0. The zero-order valence-corrected chi connectivity index (χ0v) is 14.5. The molecule has 0 amide bonds. The maximum atomic E-state index is 11.7. The van der Waals surface area contributed by atoms with E-state index in [1.54, 1.807) is 25.3 Å². The highest BCUT2D eigenvalue weighted by Gasteiger charge is 2.14. The summed E-state index contributed by atoms with van der Waals surface area (Å²) < 4.78 is 9.69. The van der Waals surface area contributed by atoms with Crippen molar-refractivity contribution in [2.75, 3.05) is 14.2 Å². The number of benzene rings is 2. The SMILES string of the molecule is COC=Nc1c(C)cc(C)cc1-n1nc2ccc(C(=O)OC)cc2n1. The van der Waals surface area contributed by atoms with Gasteiger partial charge in [-0.1, -0.05) is 6.07 Å². The smallest absolute Gasteiger partial charge is 0.337 e. The molecule has 0 unspecified atom stereocenters. The van der Waals surface area contributed by atoms with Crippen molar-refractivity contribution in [1.29, 1.82) is 0 Å². The van der Waals surface area contributed by atoms with Gasteiger partial charge in [-0.15, -0.1) is 15.0 Å². The van der Waals surface area contributed by atoms with Crippen LogP contribution >= 0.6 is 0 Å². The first-order valence-electron chi connectivity index (χ1n) is 7.66. The van der Waals surface area contributed by atoms with Gasteiger partial charge in [-0.3, -0.25) is 0 Å². The summed E-state index contributed by atoms with van der Waals surface area (Å²) in [6, 6.07) is 9.05. The maximum Gasteiger partial charge on any atom is 0.337 e. The number of esters is 1. The van der Waals surface area contributed by atoms with Crippen LogP contribution in [0.1, 0.15) is 21.5 Å². The lowest BCUT2D eigenvalue weighted by atomic mass is 10.1. The van der Waals surface area contributed by atoms with Gasteiger partial charge in [0.1, 0.15) is 16.7 Å². The molecule has 0 aliphatic carbocycles. The highest BCUT2D eigenvalue weighted by atomic mass is 16.5. The van der Waals surface area contributed by atoms with Gasteiger partial charge < -0.3 is 9.47 Å². The van der Waals surface area contributed by atoms with Crippen molar-refractivity contribution in [2.24, 2.45) is 4.99 Å². The van der Waals surface area contributed by atoms with Crippen LogP contribution in [0.15, 0.2) is 35.3 Å². The molecule has 0 aliphatic heterocycles. The van der Waals surface area contributed by atoms with Crippen LogP contribution in [0.25, 0.3) is 16.7 Å². The van der Waals surface area contributed by atoms with Crippen molar-refractivity contribution in [1.82, 2.24) is 15.0 Å². The van der Waals surface area contributed by atoms with Crippen LogP contribution in [0.4, 0.5) is 5.69 Å². The van der Waals surface area contributed by atoms with Crippen LogP contribution in [0.2, 0.25) is 0 Å². The molecule has 0 radical (unpaired) electrons. The molecule has 128 valence electrons. The van der Waals surface area contributed by atoms with Crippen molar-refractivity contribution in [3.05, 3.63) is 47.0 Å². The predicted octanol–water partition coefficient (Wildman–Crippen LogP) is 3.13. The molecule has 7 nitrogen and oxygen atoms in total. The first kappa shape index (κ1) is 16.6. The molecule has 0 aliphatic rings. The fraction of sp³-hybridized carbons (Fsp3) is 0.222. The Labute approximate surface area is 144 Å². The summed E-state index contributed by atoms with van der Waals surface area (Å²) in [6.45, 7) is 3.97. The molecule has 0 fully saturated rings. The Morgan fingerprint density at radius 2 is 1.88 bits per heavy atom. The van der Waals surface area contributed by atoms with E-state index in [0.717, 1.165) is 22.5 Å². The topological polar surface area (TPSA) is 78.6 Å². The lowest BCUT2D eigenvalue weighted by Gasteiger charge is -2.09. The second-order valence-corrected chi connectivity index (χ2v) is 5.60. The molecule has 0 N–H and O–H groups in total. The summed E-state index contributed by atoms with van der Waals surface area (Å²) in [5.41, 5.74) is 5.22. The first-order chi connectivity index (χ1) is 12.0. The predicted molar refractivity (Wildman–Crippen MR) is 94.8 cm³/mol. The van der Waals surface area contributed by atoms with E-state index in [0.29, 0.717) is 16.6 Å². The standard InChI is InChI=1S/C18H18N4O3/c1-11-7-12(2)17(19-10-24-3)16(8-11)22-20-14-6-5-13(18(23)25-4)9-15(14)21-22/h5-10H,1-4H3. The molecular formula is C18H18N4O3. The summed E-state index contributed by atoms with van der Waals surface area (Å²) >= 11 is 0. The van der Waals surface area contributed by atoms with Crippen molar-refractivity contribution in [3.63, 3.8) is 0 Å². The van der Waals surface area contributed by atoms with Gasteiger partial charge in [-0.05, 0) is 49.2 Å². The normalized spacial score (nSPS) is 11.2. The summed E-state index contributed by atoms with van der Waals surface area (Å²) in [5.74, 6) is -0.409. The largest absolute Gasteiger partial charge is 0.486 e. The zero-order valence-electron chi connectivity index (χ0n) is 14.5. The Hall–Kier alpha value is -3.22. The number of nitrogens with zero attached hydrogens (tertiary/aromatic N) is 4. The lowest BCUT2D eigenvalue weighted by Crippen LogP contribution is -2.01. The highest BCUT2D eigenvalue weighted by molar-refractivity contribution is 5.93. The summed E-state index contributed by atoms with van der Waals surface area (Å²) in [7, 11) is 2.89. The molecule has 1 aromatic heterocycles. The molecule has 3 aromatic rings. The molecule has 0 saturated heterocycles. The summed E-state index contributed by atoms with van der Waals surface area (Å²) in [4.78, 5) is 17.6. The molecule has 2 aromatic carbocycles. The van der Waals surface area contributed by atoms with Gasteiger partial charge in [0.15, 0.2) is 6.40 Å². The number of hydrogen-bond acceptors (Lipinski definition) is 6. The van der Waals surface area contributed by atoms with Crippen LogP contribution in [-0.4, -0.2) is 41.6 Å². The van der Waals surface area contributed by atoms with E-state index in [1.165, 1.54) is 18.3 Å². The Kier molecular flexibility index (Phi) is 4.47. The Bertz CT molecular complexity index is 976. The van der Waals surface area contributed by atoms with Gasteiger partial charge in [0.25, 0.3) is 0 Å². The van der Waals surface area contributed by atoms with Crippen LogP contribution < -0.4 is 0 Å². The van der Waals surface area contributed by atoms with E-state index in [2.05, 4.69) is 15.2 Å². The molecule has 0 spiro atoms. The number of aryl methyl sites for hydroxylation is 2. The molecule has 25 heavy (non-hydrogen) atoms. The third-order valence-corrected chi connectivity index (χ3v) is 3.73. The number of carbonyl (C=O) groups excluding carboxylic acids is 1. The molecule has 1 heterocycles. The van der Waals surface area contributed by atoms with E-state index < -0.39 is 5.97 Å². The maximum absolute atomic E-state index is 11.7. The molecule has 0 saturated carbocycles. The number of rotatable bonds is 4. The number of aliphatic imine (C=N–C) groups is 1. The average molecular weight is 338 g/mol. The number of carbonyl (C=O) groups is 1. The van der Waals surface area contributed by atoms with E-state index in [9.17, 15) is 4.79 Å². The molecule has 0 atom stereocenters. The number of aromatic nitrogens is 3. The number of methoxy groups -OCH3 is 2. The average Bonchev–Trinajstić information content (AvgIpc) is 3.02. The van der Waals surface area contributed by atoms with Gasteiger partial charge in [0, 0.05) is 0 Å². The molecule has 7 heteroatoms. The number of ether oxygens (including phenoxy) is 2. The summed E-state index contributed by atoms with van der Waals surface area (Å²) in [6.07, 6.45) is 1.37. The van der Waals surface area contributed by atoms with Crippen molar-refractivity contribution in [2.45, 2.75) is 13.8 Å². The number of fused-ring (bicyclic) bond motifs is 1. The minimum absolute atomic E-state index is 0.409. The van der Waals surface area contributed by atoms with E-state index in [-0.39, 0.29) is 0 Å². The molecule has 0 bridgehead atoms. The third kappa shape index (κ3) is 3.21. The van der Waals surface area contributed by atoms with Crippen LogP contribution in [0, 0.1) is 13.8 Å². The fourth-order valence-corrected chi connectivity index (χ4v) is 2.63.